The molecule has 8 aromatic rings. The third-order valence-corrected chi connectivity index (χ3v) is 12.0. The first-order valence-electron chi connectivity index (χ1n) is 21.2. The zero-order chi connectivity index (χ0) is 41.9. The molecule has 0 radical (unpaired) electrons. The maximum atomic E-state index is 7.11. The van der Waals surface area contributed by atoms with Crippen molar-refractivity contribution in [1.82, 2.24) is 9.55 Å². The SMILES string of the molecule is [CH2-]CC1N(c2ccccc2)c2ccccc2N1c1cc(-c2c(C(C)C)cccc2C(C)C)cc(Oc2[c-]c3c(cc2)c2ccccc2n3-c2cc(C(C)(C)C)ccn2)c1[CH2-].[Pt]. The number of benzene rings is 6. The van der Waals surface area contributed by atoms with E-state index in [9.17, 15) is 0 Å². The van der Waals surface area contributed by atoms with Crippen LogP contribution in [0, 0.1) is 19.9 Å². The molecule has 61 heavy (non-hydrogen) atoms. The fourth-order valence-electron chi connectivity index (χ4n) is 9.02. The molecule has 1 aliphatic rings. The van der Waals surface area contributed by atoms with Crippen molar-refractivity contribution in [2.24, 2.45) is 0 Å². The van der Waals surface area contributed by atoms with Gasteiger partial charge in [0.1, 0.15) is 5.82 Å². The van der Waals surface area contributed by atoms with E-state index >= 15 is 0 Å². The van der Waals surface area contributed by atoms with Crippen LogP contribution >= 0.6 is 0 Å². The molecule has 0 bridgehead atoms. The standard InChI is InChI=1S/C55H53N4O.Pt/c1-10-53-57(40-19-12-11-13-20-40)47-25-16-17-26-48(47)59(53)49-31-38(54-42(35(2)3)22-18-23-43(54)36(4)5)32-51(37(49)6)60-41-27-28-45-44-21-14-15-24-46(44)58(50(45)34-41)52-33-39(29-30-56-52)55(7,8)9;/h11-33,35-36,53H,1,6,10H2,2-5,7-9H3;/q-3;. The Morgan fingerprint density at radius 3 is 2.03 bits per heavy atom. The van der Waals surface area contributed by atoms with E-state index in [1.165, 1.54) is 22.3 Å². The summed E-state index contributed by atoms with van der Waals surface area (Å²) in [6.45, 7) is 25.2. The second-order valence-corrected chi connectivity index (χ2v) is 17.6. The number of rotatable bonds is 9. The maximum Gasteiger partial charge on any atom is 0.135 e. The smallest absolute Gasteiger partial charge is 0.135 e. The molecule has 9 rings (SSSR count). The van der Waals surface area contributed by atoms with E-state index in [0.717, 1.165) is 61.5 Å². The van der Waals surface area contributed by atoms with Crippen LogP contribution in [0.15, 0.2) is 140 Å². The van der Waals surface area contributed by atoms with Gasteiger partial charge in [-0.05, 0) is 98.7 Å². The van der Waals surface area contributed by atoms with Crippen molar-refractivity contribution in [3.05, 3.63) is 182 Å². The molecular weight excluding hydrogens is 928 g/mol. The molecule has 0 saturated heterocycles. The molecule has 2 aromatic heterocycles. The first-order chi connectivity index (χ1) is 28.9. The first kappa shape index (κ1) is 41.9. The molecule has 0 aliphatic carbocycles. The predicted octanol–water partition coefficient (Wildman–Crippen LogP) is 15.0. The summed E-state index contributed by atoms with van der Waals surface area (Å²) in [6.07, 6.45) is 2.43. The Morgan fingerprint density at radius 1 is 0.705 bits per heavy atom. The monoisotopic (exact) mass is 980 g/mol. The minimum Gasteiger partial charge on any atom is -0.540 e. The second kappa shape index (κ2) is 16.6. The first-order valence-corrected chi connectivity index (χ1v) is 21.2. The molecule has 0 fully saturated rings. The van der Waals surface area contributed by atoms with E-state index in [-0.39, 0.29) is 32.6 Å². The number of fused-ring (bicyclic) bond motifs is 4. The van der Waals surface area contributed by atoms with Gasteiger partial charge in [0.05, 0.1) is 17.5 Å². The molecule has 6 heteroatoms. The number of hydrogen-bond acceptors (Lipinski definition) is 4. The fourth-order valence-corrected chi connectivity index (χ4v) is 9.02. The summed E-state index contributed by atoms with van der Waals surface area (Å²) in [4.78, 5) is 9.73. The molecule has 0 spiro atoms. The van der Waals surface area contributed by atoms with Crippen molar-refractivity contribution in [2.75, 3.05) is 9.80 Å². The van der Waals surface area contributed by atoms with Crippen LogP contribution < -0.4 is 14.5 Å². The van der Waals surface area contributed by atoms with Gasteiger partial charge in [-0.15, -0.1) is 29.5 Å². The molecular formula is C55H53N4OPt-3. The van der Waals surface area contributed by atoms with E-state index in [1.807, 2.05) is 12.3 Å². The van der Waals surface area contributed by atoms with Crippen molar-refractivity contribution in [3.8, 4) is 28.4 Å². The van der Waals surface area contributed by atoms with Crippen LogP contribution in [-0.2, 0) is 26.5 Å². The second-order valence-electron chi connectivity index (χ2n) is 17.6. The Kier molecular flexibility index (Phi) is 11.4. The molecule has 0 N–H and O–H groups in total. The summed E-state index contributed by atoms with van der Waals surface area (Å²) in [7, 11) is 0. The molecule has 312 valence electrons. The Morgan fingerprint density at radius 2 is 1.36 bits per heavy atom. The number of pyridine rings is 1. The topological polar surface area (TPSA) is 33.5 Å². The molecule has 6 aromatic carbocycles. The Bertz CT molecular complexity index is 2840. The molecule has 1 aliphatic heterocycles. The minimum atomic E-state index is -0.103. The van der Waals surface area contributed by atoms with Crippen LogP contribution in [-0.4, -0.2) is 15.7 Å². The van der Waals surface area contributed by atoms with Gasteiger partial charge in [0, 0.05) is 44.2 Å². The van der Waals surface area contributed by atoms with Gasteiger partial charge in [-0.3, -0.25) is 0 Å². The normalized spacial score (nSPS) is 14.0. The van der Waals surface area contributed by atoms with Crippen LogP contribution in [0.1, 0.15) is 89.0 Å². The summed E-state index contributed by atoms with van der Waals surface area (Å²) in [5, 5.41) is 2.23. The van der Waals surface area contributed by atoms with E-state index in [2.05, 4.69) is 203 Å². The van der Waals surface area contributed by atoms with Gasteiger partial charge in [0.25, 0.3) is 0 Å². The van der Waals surface area contributed by atoms with Crippen LogP contribution in [0.5, 0.6) is 11.5 Å². The maximum absolute atomic E-state index is 7.11. The van der Waals surface area contributed by atoms with Gasteiger partial charge in [-0.2, -0.15) is 13.0 Å². The van der Waals surface area contributed by atoms with E-state index in [0.29, 0.717) is 29.8 Å². The minimum absolute atomic E-state index is 0. The fraction of sp³-hybridized carbons (Fsp3) is 0.218. The molecule has 3 heterocycles. The van der Waals surface area contributed by atoms with E-state index in [1.54, 1.807) is 0 Å². The van der Waals surface area contributed by atoms with Crippen LogP contribution in [0.25, 0.3) is 38.8 Å². The Labute approximate surface area is 376 Å². The molecule has 1 atom stereocenters. The predicted molar refractivity (Wildman–Crippen MR) is 252 cm³/mol. The van der Waals surface area contributed by atoms with Crippen LogP contribution in [0.2, 0.25) is 0 Å². The van der Waals surface area contributed by atoms with Gasteiger partial charge in [0.15, 0.2) is 0 Å². The zero-order valence-corrected chi connectivity index (χ0v) is 38.4. The summed E-state index contributed by atoms with van der Waals surface area (Å²) < 4.78 is 9.32. The van der Waals surface area contributed by atoms with Crippen molar-refractivity contribution < 1.29 is 25.8 Å². The van der Waals surface area contributed by atoms with Gasteiger partial charge in [0.2, 0.25) is 0 Å². The quantitative estimate of drug-likeness (QED) is 0.135. The third kappa shape index (κ3) is 7.42. The van der Waals surface area contributed by atoms with Gasteiger partial charge < -0.3 is 26.0 Å². The number of anilines is 4. The summed E-state index contributed by atoms with van der Waals surface area (Å²) >= 11 is 0. The van der Waals surface area contributed by atoms with Crippen LogP contribution in [0.4, 0.5) is 22.7 Å². The van der Waals surface area contributed by atoms with Crippen LogP contribution in [0.3, 0.4) is 0 Å². The third-order valence-electron chi connectivity index (χ3n) is 12.0. The number of aromatic nitrogens is 2. The molecule has 0 amide bonds. The average Bonchev–Trinajstić information content (AvgIpc) is 3.76. The van der Waals surface area contributed by atoms with Gasteiger partial charge in [-0.25, -0.2) is 4.98 Å². The van der Waals surface area contributed by atoms with E-state index in [4.69, 9.17) is 16.6 Å². The number of ether oxygens (including phenoxy) is 1. The van der Waals surface area contributed by atoms with Crippen molar-refractivity contribution >= 4 is 44.6 Å². The summed E-state index contributed by atoms with van der Waals surface area (Å²) in [6, 6.07) is 51.2. The summed E-state index contributed by atoms with van der Waals surface area (Å²) in [5.41, 5.74) is 13.2. The molecule has 0 saturated carbocycles. The number of hydrogen-bond donors (Lipinski definition) is 0. The Hall–Kier alpha value is -5.77. The van der Waals surface area contributed by atoms with Gasteiger partial charge >= 0.3 is 0 Å². The molecule has 5 nitrogen and oxygen atoms in total. The average molecular weight is 981 g/mol. The van der Waals surface area contributed by atoms with Crippen molar-refractivity contribution in [2.45, 2.75) is 78.3 Å². The molecule has 1 unspecified atom stereocenters. The largest absolute Gasteiger partial charge is 0.540 e. The van der Waals surface area contributed by atoms with E-state index < -0.39 is 0 Å². The Balaban J connectivity index is 0.00000514. The zero-order valence-electron chi connectivity index (χ0n) is 36.1. The van der Waals surface area contributed by atoms with Crippen molar-refractivity contribution in [3.63, 3.8) is 0 Å². The van der Waals surface area contributed by atoms with Gasteiger partial charge in [-0.1, -0.05) is 139 Å². The van der Waals surface area contributed by atoms with Crippen molar-refractivity contribution in [1.29, 1.82) is 0 Å². The number of para-hydroxylation sites is 4. The summed E-state index contributed by atoms with van der Waals surface area (Å²) in [5.74, 6) is 2.76. The number of nitrogens with zero attached hydrogens (tertiary/aromatic N) is 4.